The third-order valence-corrected chi connectivity index (χ3v) is 3.84. The number of hydrogen-bond acceptors (Lipinski definition) is 2. The standard InChI is InChI=1S/C16H33NO/c1-4-11-17-15(9-7-8-14(2)3)13-16-10-5-6-12-18-16/h14-17H,4-13H2,1-3H3. The Hall–Kier alpha value is -0.0800. The van der Waals surface area contributed by atoms with E-state index in [1.807, 2.05) is 0 Å². The van der Waals surface area contributed by atoms with E-state index in [1.165, 1.54) is 51.4 Å². The lowest BCUT2D eigenvalue weighted by Crippen LogP contribution is -2.35. The van der Waals surface area contributed by atoms with Crippen molar-refractivity contribution in [2.45, 2.75) is 84.3 Å². The van der Waals surface area contributed by atoms with Crippen molar-refractivity contribution < 1.29 is 4.74 Å². The summed E-state index contributed by atoms with van der Waals surface area (Å²) >= 11 is 0. The third kappa shape index (κ3) is 7.38. The van der Waals surface area contributed by atoms with Crippen LogP contribution in [0.1, 0.15) is 72.1 Å². The molecule has 1 N–H and O–H groups in total. The predicted octanol–water partition coefficient (Wildman–Crippen LogP) is 4.14. The molecular weight excluding hydrogens is 222 g/mol. The summed E-state index contributed by atoms with van der Waals surface area (Å²) < 4.78 is 5.88. The zero-order valence-corrected chi connectivity index (χ0v) is 12.7. The lowest BCUT2D eigenvalue weighted by atomic mass is 9.96. The Kier molecular flexibility index (Phi) is 8.70. The van der Waals surface area contributed by atoms with Gasteiger partial charge in [-0.3, -0.25) is 0 Å². The van der Waals surface area contributed by atoms with Crippen molar-refractivity contribution in [1.29, 1.82) is 0 Å². The summed E-state index contributed by atoms with van der Waals surface area (Å²) in [5.41, 5.74) is 0. The highest BCUT2D eigenvalue weighted by Gasteiger charge is 2.19. The highest BCUT2D eigenvalue weighted by Crippen LogP contribution is 2.19. The number of hydrogen-bond donors (Lipinski definition) is 1. The van der Waals surface area contributed by atoms with Crippen LogP contribution in [0.25, 0.3) is 0 Å². The molecule has 0 aromatic rings. The molecule has 0 bridgehead atoms. The topological polar surface area (TPSA) is 21.3 Å². The van der Waals surface area contributed by atoms with Crippen molar-refractivity contribution in [3.8, 4) is 0 Å². The largest absolute Gasteiger partial charge is 0.378 e. The van der Waals surface area contributed by atoms with Gasteiger partial charge in [0.2, 0.25) is 0 Å². The summed E-state index contributed by atoms with van der Waals surface area (Å²) in [5.74, 6) is 0.836. The van der Waals surface area contributed by atoms with Crippen molar-refractivity contribution in [2.24, 2.45) is 5.92 Å². The van der Waals surface area contributed by atoms with Crippen molar-refractivity contribution >= 4 is 0 Å². The lowest BCUT2D eigenvalue weighted by Gasteiger charge is -2.28. The molecule has 1 heterocycles. The molecule has 1 aliphatic rings. The van der Waals surface area contributed by atoms with E-state index in [1.54, 1.807) is 0 Å². The van der Waals surface area contributed by atoms with Gasteiger partial charge in [-0.2, -0.15) is 0 Å². The number of rotatable bonds is 9. The molecule has 1 fully saturated rings. The zero-order chi connectivity index (χ0) is 13.2. The molecule has 2 unspecified atom stereocenters. The monoisotopic (exact) mass is 255 g/mol. The van der Waals surface area contributed by atoms with Crippen LogP contribution in [0.2, 0.25) is 0 Å². The first-order valence-electron chi connectivity index (χ1n) is 8.07. The lowest BCUT2D eigenvalue weighted by molar-refractivity contribution is 0.00454. The Morgan fingerprint density at radius 2 is 2.06 bits per heavy atom. The minimum atomic E-state index is 0.521. The van der Waals surface area contributed by atoms with Gasteiger partial charge < -0.3 is 10.1 Å². The van der Waals surface area contributed by atoms with Gasteiger partial charge in [0.05, 0.1) is 6.10 Å². The van der Waals surface area contributed by atoms with E-state index in [4.69, 9.17) is 4.74 Å². The molecule has 1 saturated heterocycles. The fourth-order valence-corrected chi connectivity index (χ4v) is 2.73. The fraction of sp³-hybridized carbons (Fsp3) is 1.00. The van der Waals surface area contributed by atoms with E-state index in [-0.39, 0.29) is 0 Å². The Labute approximate surface area is 114 Å². The highest BCUT2D eigenvalue weighted by molar-refractivity contribution is 4.74. The summed E-state index contributed by atoms with van der Waals surface area (Å²) in [6, 6.07) is 0.673. The normalized spacial score (nSPS) is 22.3. The van der Waals surface area contributed by atoms with Crippen LogP contribution in [-0.2, 0) is 4.74 Å². The minimum Gasteiger partial charge on any atom is -0.378 e. The molecule has 2 heteroatoms. The first-order chi connectivity index (χ1) is 8.72. The maximum absolute atomic E-state index is 5.88. The summed E-state index contributed by atoms with van der Waals surface area (Å²) in [5, 5.41) is 3.71. The third-order valence-electron chi connectivity index (χ3n) is 3.84. The predicted molar refractivity (Wildman–Crippen MR) is 79.0 cm³/mol. The fourth-order valence-electron chi connectivity index (χ4n) is 2.73. The second-order valence-corrected chi connectivity index (χ2v) is 6.20. The van der Waals surface area contributed by atoms with Crippen LogP contribution >= 0.6 is 0 Å². The van der Waals surface area contributed by atoms with E-state index in [9.17, 15) is 0 Å². The van der Waals surface area contributed by atoms with Crippen molar-refractivity contribution in [3.05, 3.63) is 0 Å². The molecular formula is C16H33NO. The van der Waals surface area contributed by atoms with E-state index in [0.717, 1.165) is 19.1 Å². The van der Waals surface area contributed by atoms with Gasteiger partial charge in [-0.1, -0.05) is 33.6 Å². The highest BCUT2D eigenvalue weighted by atomic mass is 16.5. The summed E-state index contributed by atoms with van der Waals surface area (Å²) in [6.45, 7) is 9.02. The average molecular weight is 255 g/mol. The first-order valence-corrected chi connectivity index (χ1v) is 8.07. The molecule has 1 rings (SSSR count). The Morgan fingerprint density at radius 3 is 2.67 bits per heavy atom. The van der Waals surface area contributed by atoms with Gasteiger partial charge in [-0.25, -0.2) is 0 Å². The van der Waals surface area contributed by atoms with Crippen molar-refractivity contribution in [1.82, 2.24) is 5.32 Å². The molecule has 0 aromatic heterocycles. The molecule has 2 atom stereocenters. The van der Waals surface area contributed by atoms with Crippen LogP contribution in [-0.4, -0.2) is 25.3 Å². The van der Waals surface area contributed by atoms with Crippen LogP contribution in [0.5, 0.6) is 0 Å². The molecule has 108 valence electrons. The second-order valence-electron chi connectivity index (χ2n) is 6.20. The minimum absolute atomic E-state index is 0.521. The van der Waals surface area contributed by atoms with E-state index < -0.39 is 0 Å². The zero-order valence-electron chi connectivity index (χ0n) is 12.7. The Balaban J connectivity index is 2.24. The Bertz CT molecular complexity index is 188. The molecule has 0 saturated carbocycles. The quantitative estimate of drug-likeness (QED) is 0.668. The van der Waals surface area contributed by atoms with Gasteiger partial charge in [0.25, 0.3) is 0 Å². The first kappa shape index (κ1) is 16.0. The van der Waals surface area contributed by atoms with Gasteiger partial charge in [-0.05, 0) is 51.0 Å². The SMILES string of the molecule is CCCNC(CCCC(C)C)CC1CCCCO1. The average Bonchev–Trinajstić information content (AvgIpc) is 2.36. The molecule has 18 heavy (non-hydrogen) atoms. The van der Waals surface area contributed by atoms with Crippen LogP contribution in [0.3, 0.4) is 0 Å². The van der Waals surface area contributed by atoms with Crippen LogP contribution in [0.15, 0.2) is 0 Å². The van der Waals surface area contributed by atoms with Gasteiger partial charge >= 0.3 is 0 Å². The van der Waals surface area contributed by atoms with Gasteiger partial charge in [0.1, 0.15) is 0 Å². The van der Waals surface area contributed by atoms with E-state index in [2.05, 4.69) is 26.1 Å². The molecule has 0 radical (unpaired) electrons. The van der Waals surface area contributed by atoms with Gasteiger partial charge in [0, 0.05) is 12.6 Å². The second kappa shape index (κ2) is 9.80. The molecule has 0 spiro atoms. The van der Waals surface area contributed by atoms with E-state index >= 15 is 0 Å². The van der Waals surface area contributed by atoms with Crippen LogP contribution < -0.4 is 5.32 Å². The number of ether oxygens (including phenoxy) is 1. The summed E-state index contributed by atoms with van der Waals surface area (Å²) in [6.07, 6.45) is 10.9. The summed E-state index contributed by atoms with van der Waals surface area (Å²) in [7, 11) is 0. The Morgan fingerprint density at radius 1 is 1.22 bits per heavy atom. The molecule has 1 aliphatic heterocycles. The smallest absolute Gasteiger partial charge is 0.0590 e. The van der Waals surface area contributed by atoms with Crippen molar-refractivity contribution in [3.63, 3.8) is 0 Å². The van der Waals surface area contributed by atoms with Gasteiger partial charge in [-0.15, -0.1) is 0 Å². The molecule has 0 aliphatic carbocycles. The molecule has 0 aromatic carbocycles. The van der Waals surface area contributed by atoms with Crippen LogP contribution in [0, 0.1) is 5.92 Å². The number of nitrogens with one attached hydrogen (secondary N) is 1. The maximum atomic E-state index is 5.88. The molecule has 2 nitrogen and oxygen atoms in total. The van der Waals surface area contributed by atoms with Gasteiger partial charge in [0.15, 0.2) is 0 Å². The molecule has 0 amide bonds. The summed E-state index contributed by atoms with van der Waals surface area (Å²) in [4.78, 5) is 0. The van der Waals surface area contributed by atoms with E-state index in [0.29, 0.717) is 12.1 Å². The van der Waals surface area contributed by atoms with Crippen LogP contribution in [0.4, 0.5) is 0 Å². The van der Waals surface area contributed by atoms with Crippen molar-refractivity contribution in [2.75, 3.05) is 13.2 Å². The maximum Gasteiger partial charge on any atom is 0.0590 e.